The molecule has 0 saturated heterocycles. The van der Waals surface area contributed by atoms with E-state index in [4.69, 9.17) is 11.6 Å². The Balaban J connectivity index is 1.90. The van der Waals surface area contributed by atoms with Gasteiger partial charge in [-0.15, -0.1) is 10.2 Å². The summed E-state index contributed by atoms with van der Waals surface area (Å²) in [7, 11) is -4.01. The van der Waals surface area contributed by atoms with E-state index >= 15 is 0 Å². The molecule has 3 aromatic rings. The van der Waals surface area contributed by atoms with E-state index in [1.165, 1.54) is 47.4 Å². The molecule has 7 nitrogen and oxygen atoms in total. The molecule has 0 unspecified atom stereocenters. The van der Waals surface area contributed by atoms with Crippen LogP contribution in [0.5, 0.6) is 0 Å². The van der Waals surface area contributed by atoms with Crippen molar-refractivity contribution in [3.8, 4) is 0 Å². The lowest BCUT2D eigenvalue weighted by molar-refractivity contribution is -0.114. The summed E-state index contributed by atoms with van der Waals surface area (Å²) < 4.78 is 28.5. The van der Waals surface area contributed by atoms with Crippen molar-refractivity contribution in [3.05, 3.63) is 59.1 Å². The maximum atomic E-state index is 13.3. The molecular weight excluding hydrogens is 464 g/mol. The molecule has 0 aliphatic heterocycles. The monoisotopic (exact) mass is 482 g/mol. The van der Waals surface area contributed by atoms with Crippen LogP contribution < -0.4 is 9.62 Å². The predicted octanol–water partition coefficient (Wildman–Crippen LogP) is 4.45. The number of aryl methyl sites for hydroxylation is 1. The van der Waals surface area contributed by atoms with Crippen LogP contribution in [0.25, 0.3) is 0 Å². The van der Waals surface area contributed by atoms with Crippen LogP contribution in [0.4, 0.5) is 10.8 Å². The number of amides is 1. The lowest BCUT2D eigenvalue weighted by atomic mass is 10.2. The highest BCUT2D eigenvalue weighted by Gasteiger charge is 2.28. The zero-order valence-corrected chi connectivity index (χ0v) is 19.4. The number of benzene rings is 2. The van der Waals surface area contributed by atoms with Crippen LogP contribution >= 0.6 is 34.7 Å². The first-order chi connectivity index (χ1) is 14.3. The Morgan fingerprint density at radius 1 is 1.17 bits per heavy atom. The van der Waals surface area contributed by atoms with Crippen molar-refractivity contribution < 1.29 is 13.2 Å². The van der Waals surface area contributed by atoms with Crippen LogP contribution in [0, 0.1) is 6.92 Å². The SMILES string of the molecule is CCSc1nnc(NC(=O)CN(c2ccccc2C)S(=O)(=O)c2ccc(Cl)cc2)s1. The first-order valence-corrected chi connectivity index (χ1v) is 12.5. The van der Waals surface area contributed by atoms with Gasteiger partial charge in [0.25, 0.3) is 10.0 Å². The number of carbonyl (C=O) groups is 1. The van der Waals surface area contributed by atoms with Gasteiger partial charge in [-0.3, -0.25) is 14.4 Å². The van der Waals surface area contributed by atoms with Crippen molar-refractivity contribution in [1.29, 1.82) is 0 Å². The predicted molar refractivity (Wildman–Crippen MR) is 122 cm³/mol. The Morgan fingerprint density at radius 2 is 1.87 bits per heavy atom. The van der Waals surface area contributed by atoms with E-state index in [0.717, 1.165) is 20.0 Å². The van der Waals surface area contributed by atoms with Gasteiger partial charge < -0.3 is 0 Å². The highest BCUT2D eigenvalue weighted by atomic mass is 35.5. The van der Waals surface area contributed by atoms with Gasteiger partial charge in [0.15, 0.2) is 4.34 Å². The molecule has 2 aromatic carbocycles. The fourth-order valence-electron chi connectivity index (χ4n) is 2.61. The zero-order valence-electron chi connectivity index (χ0n) is 16.2. The number of carbonyl (C=O) groups excluding carboxylic acids is 1. The zero-order chi connectivity index (χ0) is 21.7. The molecule has 0 fully saturated rings. The van der Waals surface area contributed by atoms with E-state index in [9.17, 15) is 13.2 Å². The lowest BCUT2D eigenvalue weighted by Gasteiger charge is -2.25. The molecular formula is C19H19ClN4O3S3. The Hall–Kier alpha value is -2.14. The number of sulfonamides is 1. The van der Waals surface area contributed by atoms with Gasteiger partial charge in [-0.1, -0.05) is 59.8 Å². The van der Waals surface area contributed by atoms with Gasteiger partial charge in [-0.25, -0.2) is 8.42 Å². The highest BCUT2D eigenvalue weighted by Crippen LogP contribution is 2.28. The van der Waals surface area contributed by atoms with E-state index in [1.54, 1.807) is 31.2 Å². The third kappa shape index (κ3) is 5.31. The van der Waals surface area contributed by atoms with Crippen LogP contribution in [0.2, 0.25) is 5.02 Å². The van der Waals surface area contributed by atoms with Crippen molar-refractivity contribution in [1.82, 2.24) is 10.2 Å². The molecule has 30 heavy (non-hydrogen) atoms. The van der Waals surface area contributed by atoms with Gasteiger partial charge in [0, 0.05) is 5.02 Å². The van der Waals surface area contributed by atoms with Crippen LogP contribution in [-0.2, 0) is 14.8 Å². The van der Waals surface area contributed by atoms with Gasteiger partial charge in [-0.05, 0) is 48.6 Å². The molecule has 1 N–H and O–H groups in total. The number of aromatic nitrogens is 2. The number of hydrogen-bond acceptors (Lipinski definition) is 7. The quantitative estimate of drug-likeness (QED) is 0.376. The standard InChI is InChI=1S/C19H19ClN4O3S3/c1-3-28-19-23-22-18(29-19)21-17(25)12-24(16-7-5-4-6-13(16)2)30(26,27)15-10-8-14(20)9-11-15/h4-11H,3,12H2,1-2H3,(H,21,22,25). The fourth-order valence-corrected chi connectivity index (χ4v) is 5.88. The van der Waals surface area contributed by atoms with Gasteiger partial charge in [0.05, 0.1) is 10.6 Å². The van der Waals surface area contributed by atoms with E-state index in [2.05, 4.69) is 15.5 Å². The van der Waals surface area contributed by atoms with Crippen LogP contribution in [0.1, 0.15) is 12.5 Å². The average Bonchev–Trinajstić information content (AvgIpc) is 3.14. The molecule has 0 spiro atoms. The van der Waals surface area contributed by atoms with Crippen molar-refractivity contribution in [2.24, 2.45) is 0 Å². The van der Waals surface area contributed by atoms with Gasteiger partial charge in [0.1, 0.15) is 6.54 Å². The number of nitrogens with zero attached hydrogens (tertiary/aromatic N) is 3. The molecule has 0 atom stereocenters. The second-order valence-electron chi connectivity index (χ2n) is 6.11. The van der Waals surface area contributed by atoms with Gasteiger partial charge in [0.2, 0.25) is 11.0 Å². The summed E-state index contributed by atoms with van der Waals surface area (Å²) in [6.45, 7) is 3.37. The normalized spacial score (nSPS) is 11.3. The smallest absolute Gasteiger partial charge is 0.264 e. The summed E-state index contributed by atoms with van der Waals surface area (Å²) >= 11 is 8.66. The molecule has 0 aliphatic rings. The minimum absolute atomic E-state index is 0.0421. The first-order valence-electron chi connectivity index (χ1n) is 8.91. The Labute approximate surface area is 188 Å². The third-order valence-corrected chi connectivity index (χ3v) is 7.87. The first kappa shape index (κ1) is 22.5. The Kier molecular flexibility index (Phi) is 7.35. The number of thioether (sulfide) groups is 1. The van der Waals surface area contributed by atoms with Crippen LogP contribution in [0.15, 0.2) is 57.8 Å². The van der Waals surface area contributed by atoms with Crippen molar-refractivity contribution in [2.45, 2.75) is 23.1 Å². The molecule has 11 heteroatoms. The average molecular weight is 483 g/mol. The van der Waals surface area contributed by atoms with E-state index in [1.807, 2.05) is 6.92 Å². The van der Waals surface area contributed by atoms with E-state index in [-0.39, 0.29) is 4.90 Å². The molecule has 158 valence electrons. The third-order valence-electron chi connectivity index (χ3n) is 3.99. The Bertz CT molecular complexity index is 1130. The molecule has 0 saturated carbocycles. The summed E-state index contributed by atoms with van der Waals surface area (Å²) in [6, 6.07) is 12.8. The van der Waals surface area contributed by atoms with Gasteiger partial charge in [-0.2, -0.15) is 0 Å². The number of nitrogens with one attached hydrogen (secondary N) is 1. The maximum Gasteiger partial charge on any atom is 0.264 e. The molecule has 0 bridgehead atoms. The number of rotatable bonds is 8. The molecule has 1 aromatic heterocycles. The molecule has 1 heterocycles. The molecule has 0 aliphatic carbocycles. The fraction of sp³-hybridized carbons (Fsp3) is 0.211. The molecule has 0 radical (unpaired) electrons. The highest BCUT2D eigenvalue weighted by molar-refractivity contribution is 8.01. The lowest BCUT2D eigenvalue weighted by Crippen LogP contribution is -2.38. The van der Waals surface area contributed by atoms with Crippen LogP contribution in [0.3, 0.4) is 0 Å². The van der Waals surface area contributed by atoms with E-state index in [0.29, 0.717) is 15.8 Å². The summed E-state index contributed by atoms with van der Waals surface area (Å²) in [5.41, 5.74) is 1.14. The van der Waals surface area contributed by atoms with Crippen LogP contribution in [-0.4, -0.2) is 36.8 Å². The second kappa shape index (κ2) is 9.78. The summed E-state index contributed by atoms with van der Waals surface area (Å²) in [5, 5.41) is 11.3. The minimum atomic E-state index is -4.01. The van der Waals surface area contributed by atoms with E-state index < -0.39 is 22.5 Å². The molecule has 3 rings (SSSR count). The summed E-state index contributed by atoms with van der Waals surface area (Å²) in [6.07, 6.45) is 0. The number of hydrogen-bond donors (Lipinski definition) is 1. The largest absolute Gasteiger partial charge is 0.299 e. The maximum absolute atomic E-state index is 13.3. The molecule has 1 amide bonds. The van der Waals surface area contributed by atoms with Crippen molar-refractivity contribution in [2.75, 3.05) is 21.9 Å². The van der Waals surface area contributed by atoms with Gasteiger partial charge >= 0.3 is 0 Å². The van der Waals surface area contributed by atoms with Crippen molar-refractivity contribution >= 4 is 61.4 Å². The number of para-hydroxylation sites is 1. The number of anilines is 2. The minimum Gasteiger partial charge on any atom is -0.299 e. The second-order valence-corrected chi connectivity index (χ2v) is 10.9. The number of halogens is 1. The summed E-state index contributed by atoms with van der Waals surface area (Å²) in [5.74, 6) is 0.322. The summed E-state index contributed by atoms with van der Waals surface area (Å²) in [4.78, 5) is 12.7. The Morgan fingerprint density at radius 3 is 2.53 bits per heavy atom. The topological polar surface area (TPSA) is 92.3 Å². The van der Waals surface area contributed by atoms with Crippen molar-refractivity contribution in [3.63, 3.8) is 0 Å².